The number of amides is 1. The summed E-state index contributed by atoms with van der Waals surface area (Å²) in [6.07, 6.45) is 4.46. The molecule has 0 bridgehead atoms. The van der Waals surface area contributed by atoms with E-state index in [-0.39, 0.29) is 11.7 Å². The highest BCUT2D eigenvalue weighted by Crippen LogP contribution is 2.29. The van der Waals surface area contributed by atoms with Gasteiger partial charge in [0.25, 0.3) is 5.91 Å². The molecule has 5 nitrogen and oxygen atoms in total. The topological polar surface area (TPSA) is 74.6 Å². The van der Waals surface area contributed by atoms with Crippen LogP contribution in [-0.2, 0) is 0 Å². The van der Waals surface area contributed by atoms with Gasteiger partial charge in [0.05, 0.1) is 16.3 Å². The van der Waals surface area contributed by atoms with Crippen LogP contribution in [0.15, 0.2) is 49.1 Å². The molecule has 1 aromatic heterocycles. The van der Waals surface area contributed by atoms with Gasteiger partial charge < -0.3 is 5.11 Å². The zero-order chi connectivity index (χ0) is 15.4. The molecule has 0 aliphatic carbocycles. The summed E-state index contributed by atoms with van der Waals surface area (Å²) in [6.45, 7) is 0. The molecule has 1 amide bonds. The minimum Gasteiger partial charge on any atom is -0.507 e. The Balaban J connectivity index is 2.09. The predicted molar refractivity (Wildman–Crippen MR) is 90.5 cm³/mol. The predicted octanol–water partition coefficient (Wildman–Crippen LogP) is 3.84. The van der Waals surface area contributed by atoms with Crippen molar-refractivity contribution in [3.05, 3.63) is 55.1 Å². The van der Waals surface area contributed by atoms with E-state index in [4.69, 9.17) is 0 Å². The van der Waals surface area contributed by atoms with Gasteiger partial charge in [-0.1, -0.05) is 15.9 Å². The van der Waals surface area contributed by atoms with Gasteiger partial charge in [-0.15, -0.1) is 0 Å². The molecule has 0 fully saturated rings. The molecule has 0 aliphatic heterocycles. The monoisotopic (exact) mass is 475 g/mol. The molecule has 0 unspecified atom stereocenters. The quantitative estimate of drug-likeness (QED) is 0.521. The molecule has 0 saturated heterocycles. The van der Waals surface area contributed by atoms with E-state index in [2.05, 4.69) is 63.3 Å². The van der Waals surface area contributed by atoms with E-state index in [0.717, 1.165) is 4.47 Å². The molecule has 0 saturated carbocycles. The smallest absolute Gasteiger partial charge is 0.272 e. The number of pyridine rings is 1. The van der Waals surface area contributed by atoms with Crippen molar-refractivity contribution in [2.75, 3.05) is 0 Å². The number of hydrogen-bond acceptors (Lipinski definition) is 4. The number of hydrazone groups is 1. The molecule has 0 atom stereocenters. The van der Waals surface area contributed by atoms with E-state index >= 15 is 0 Å². The highest BCUT2D eigenvalue weighted by atomic mass is 79.9. The average Bonchev–Trinajstić information content (AvgIpc) is 2.44. The Morgan fingerprint density at radius 1 is 1.19 bits per heavy atom. The zero-order valence-corrected chi connectivity index (χ0v) is 15.1. The second-order valence-electron chi connectivity index (χ2n) is 3.92. The fourth-order valence-electron chi connectivity index (χ4n) is 1.41. The Bertz CT molecular complexity index is 720. The third kappa shape index (κ3) is 4.36. The third-order valence-corrected chi connectivity index (χ3v) is 4.16. The third-order valence-electron chi connectivity index (χ3n) is 2.40. The van der Waals surface area contributed by atoms with Crippen molar-refractivity contribution in [1.82, 2.24) is 10.4 Å². The minimum atomic E-state index is -0.377. The fourth-order valence-corrected chi connectivity index (χ4v) is 2.87. The van der Waals surface area contributed by atoms with Crippen LogP contribution in [0.1, 0.15) is 15.9 Å². The van der Waals surface area contributed by atoms with Crippen molar-refractivity contribution in [3.8, 4) is 5.75 Å². The van der Waals surface area contributed by atoms with E-state index in [1.54, 1.807) is 18.3 Å². The summed E-state index contributed by atoms with van der Waals surface area (Å²) < 4.78 is 2.00. The summed E-state index contributed by atoms with van der Waals surface area (Å²) in [5.74, 6) is -0.292. The van der Waals surface area contributed by atoms with E-state index in [1.807, 2.05) is 0 Å². The number of aromatic nitrogens is 1. The average molecular weight is 478 g/mol. The Morgan fingerprint density at radius 3 is 2.67 bits per heavy atom. The molecular weight excluding hydrogens is 470 g/mol. The van der Waals surface area contributed by atoms with Crippen molar-refractivity contribution < 1.29 is 9.90 Å². The maximum atomic E-state index is 11.8. The summed E-state index contributed by atoms with van der Waals surface area (Å²) in [7, 11) is 0. The van der Waals surface area contributed by atoms with E-state index in [0.29, 0.717) is 20.1 Å². The highest BCUT2D eigenvalue weighted by molar-refractivity contribution is 9.11. The zero-order valence-electron chi connectivity index (χ0n) is 10.3. The van der Waals surface area contributed by atoms with Crippen LogP contribution in [0.4, 0.5) is 0 Å². The lowest BCUT2D eigenvalue weighted by Gasteiger charge is -2.03. The van der Waals surface area contributed by atoms with Gasteiger partial charge in [0.1, 0.15) is 5.75 Å². The summed E-state index contributed by atoms with van der Waals surface area (Å²) in [5, 5.41) is 13.5. The fraction of sp³-hybridized carbons (Fsp3) is 0. The molecule has 8 heteroatoms. The molecule has 1 heterocycles. The van der Waals surface area contributed by atoms with Gasteiger partial charge in [0, 0.05) is 26.9 Å². The van der Waals surface area contributed by atoms with Gasteiger partial charge in [-0.05, 0) is 50.1 Å². The first-order chi connectivity index (χ1) is 9.97. The number of hydrogen-bond donors (Lipinski definition) is 2. The highest BCUT2D eigenvalue weighted by Gasteiger charge is 2.06. The number of phenols is 1. The summed E-state index contributed by atoms with van der Waals surface area (Å²) >= 11 is 9.79. The van der Waals surface area contributed by atoms with E-state index in [1.165, 1.54) is 18.5 Å². The second-order valence-corrected chi connectivity index (χ2v) is 6.54. The molecule has 2 rings (SSSR count). The number of phenolic OH excluding ortho intramolecular Hbond substituents is 1. The number of carbonyl (C=O) groups excluding carboxylic acids is 1. The SMILES string of the molecule is O=C(N/N=C/c1cc(O)c(Br)cc1Br)c1cncc(Br)c1. The summed E-state index contributed by atoms with van der Waals surface area (Å²) in [6, 6.07) is 4.85. The molecule has 0 aliphatic rings. The Kier molecular flexibility index (Phi) is 5.49. The Hall–Kier alpha value is -1.25. The number of benzene rings is 1. The maximum Gasteiger partial charge on any atom is 0.272 e. The van der Waals surface area contributed by atoms with Gasteiger partial charge in [-0.3, -0.25) is 9.78 Å². The van der Waals surface area contributed by atoms with Gasteiger partial charge in [0.2, 0.25) is 0 Å². The minimum absolute atomic E-state index is 0.0853. The number of halogens is 3. The first-order valence-electron chi connectivity index (χ1n) is 5.59. The lowest BCUT2D eigenvalue weighted by Crippen LogP contribution is -2.17. The van der Waals surface area contributed by atoms with Crippen LogP contribution in [0.2, 0.25) is 0 Å². The normalized spacial score (nSPS) is 10.8. The first kappa shape index (κ1) is 16.1. The van der Waals surface area contributed by atoms with Crippen LogP contribution in [-0.4, -0.2) is 22.2 Å². The number of nitrogens with zero attached hydrogens (tertiary/aromatic N) is 2. The standard InChI is InChI=1S/C13H8Br3N3O2/c14-9-1-8(4-17-6-9)13(21)19-18-5-7-2-12(20)11(16)3-10(7)15/h1-6,20H,(H,19,21)/b18-5+. The van der Waals surface area contributed by atoms with Crippen LogP contribution in [0, 0.1) is 0 Å². The van der Waals surface area contributed by atoms with Gasteiger partial charge >= 0.3 is 0 Å². The van der Waals surface area contributed by atoms with Gasteiger partial charge in [-0.2, -0.15) is 5.10 Å². The molecule has 0 spiro atoms. The molecular formula is C13H8Br3N3O2. The number of carbonyl (C=O) groups is 1. The molecule has 108 valence electrons. The van der Waals surface area contributed by atoms with E-state index < -0.39 is 0 Å². The Morgan fingerprint density at radius 2 is 1.95 bits per heavy atom. The molecule has 21 heavy (non-hydrogen) atoms. The second kappa shape index (κ2) is 7.15. The van der Waals surface area contributed by atoms with Crippen LogP contribution in [0.25, 0.3) is 0 Å². The van der Waals surface area contributed by atoms with Crippen LogP contribution in [0.3, 0.4) is 0 Å². The van der Waals surface area contributed by atoms with E-state index in [9.17, 15) is 9.90 Å². The van der Waals surface area contributed by atoms with Gasteiger partial charge in [0.15, 0.2) is 0 Å². The van der Waals surface area contributed by atoms with Crippen LogP contribution >= 0.6 is 47.8 Å². The molecule has 0 radical (unpaired) electrons. The number of rotatable bonds is 3. The first-order valence-corrected chi connectivity index (χ1v) is 7.97. The van der Waals surface area contributed by atoms with Crippen molar-refractivity contribution >= 4 is 59.9 Å². The van der Waals surface area contributed by atoms with Crippen molar-refractivity contribution in [2.45, 2.75) is 0 Å². The lowest BCUT2D eigenvalue weighted by atomic mass is 10.2. The molecule has 1 aromatic carbocycles. The summed E-state index contributed by atoms with van der Waals surface area (Å²) in [5.41, 5.74) is 3.41. The lowest BCUT2D eigenvalue weighted by molar-refractivity contribution is 0.0954. The Labute approximate surface area is 145 Å². The van der Waals surface area contributed by atoms with Crippen molar-refractivity contribution in [1.29, 1.82) is 0 Å². The largest absolute Gasteiger partial charge is 0.507 e. The summed E-state index contributed by atoms with van der Waals surface area (Å²) in [4.78, 5) is 15.7. The number of aromatic hydroxyl groups is 1. The van der Waals surface area contributed by atoms with Gasteiger partial charge in [-0.25, -0.2) is 5.43 Å². The van der Waals surface area contributed by atoms with Crippen molar-refractivity contribution in [2.24, 2.45) is 5.10 Å². The maximum absolute atomic E-state index is 11.8. The molecule has 2 N–H and O–H groups in total. The number of nitrogens with one attached hydrogen (secondary N) is 1. The van der Waals surface area contributed by atoms with Crippen LogP contribution in [0.5, 0.6) is 5.75 Å². The van der Waals surface area contributed by atoms with Crippen LogP contribution < -0.4 is 5.43 Å². The van der Waals surface area contributed by atoms with Crippen molar-refractivity contribution in [3.63, 3.8) is 0 Å². The molecule has 2 aromatic rings.